The van der Waals surface area contributed by atoms with Gasteiger partial charge in [-0.2, -0.15) is 0 Å². The van der Waals surface area contributed by atoms with Crippen LogP contribution in [0.3, 0.4) is 0 Å². The van der Waals surface area contributed by atoms with Crippen LogP contribution in [0.25, 0.3) is 54.6 Å². The van der Waals surface area contributed by atoms with Crippen molar-refractivity contribution in [2.45, 2.75) is 0 Å². The highest BCUT2D eigenvalue weighted by molar-refractivity contribution is 6.31. The third-order valence-electron chi connectivity index (χ3n) is 5.52. The van der Waals surface area contributed by atoms with Gasteiger partial charge in [-0.15, -0.1) is 0 Å². The summed E-state index contributed by atoms with van der Waals surface area (Å²) in [6.07, 6.45) is 0. The van der Waals surface area contributed by atoms with E-state index in [0.717, 1.165) is 38.1 Å². The number of furan rings is 1. The van der Waals surface area contributed by atoms with Crippen molar-refractivity contribution in [3.8, 4) is 11.1 Å². The summed E-state index contributed by atoms with van der Waals surface area (Å²) in [5.41, 5.74) is 4.17. The second-order valence-electron chi connectivity index (χ2n) is 7.12. The van der Waals surface area contributed by atoms with E-state index in [1.807, 2.05) is 12.1 Å². The van der Waals surface area contributed by atoms with Crippen molar-refractivity contribution >= 4 is 55.1 Å². The van der Waals surface area contributed by atoms with Gasteiger partial charge in [0.05, 0.1) is 0 Å². The Morgan fingerprint density at radius 2 is 1.14 bits per heavy atom. The molecule has 1 heterocycles. The van der Waals surface area contributed by atoms with Gasteiger partial charge in [-0.25, -0.2) is 0 Å². The van der Waals surface area contributed by atoms with Gasteiger partial charge in [0.1, 0.15) is 11.2 Å². The molecule has 5 aromatic carbocycles. The summed E-state index contributed by atoms with van der Waals surface area (Å²) in [6, 6.07) is 31.4. The lowest BCUT2D eigenvalue weighted by Gasteiger charge is -2.06. The Kier molecular flexibility index (Phi) is 3.29. The molecule has 0 saturated carbocycles. The van der Waals surface area contributed by atoms with Crippen LogP contribution in [0, 0.1) is 0 Å². The highest BCUT2D eigenvalue weighted by atomic mass is 35.5. The average Bonchev–Trinajstić information content (AvgIpc) is 3.14. The highest BCUT2D eigenvalue weighted by Crippen LogP contribution is 2.41. The van der Waals surface area contributed by atoms with Gasteiger partial charge >= 0.3 is 0 Å². The Bertz CT molecular complexity index is 1510. The fourth-order valence-corrected chi connectivity index (χ4v) is 4.35. The molecule has 28 heavy (non-hydrogen) atoms. The zero-order chi connectivity index (χ0) is 18.7. The summed E-state index contributed by atoms with van der Waals surface area (Å²) in [6.45, 7) is 0. The molecule has 0 atom stereocenters. The number of halogens is 1. The van der Waals surface area contributed by atoms with E-state index in [1.54, 1.807) is 0 Å². The van der Waals surface area contributed by atoms with E-state index in [0.29, 0.717) is 0 Å². The third-order valence-corrected chi connectivity index (χ3v) is 5.78. The van der Waals surface area contributed by atoms with Gasteiger partial charge < -0.3 is 4.42 Å². The molecular weight excluding hydrogens is 364 g/mol. The Hall–Kier alpha value is -3.29. The Balaban J connectivity index is 1.78. The molecule has 0 aliphatic heterocycles. The number of hydrogen-bond acceptors (Lipinski definition) is 1. The SMILES string of the molecule is Clc1ccc(-c2ccc3oc4c5ccccc5c5ccccc5c4c3c2)cc1. The highest BCUT2D eigenvalue weighted by Gasteiger charge is 2.15. The molecule has 6 rings (SSSR count). The molecule has 6 aromatic rings. The van der Waals surface area contributed by atoms with Crippen LogP contribution in [0.4, 0.5) is 0 Å². The molecular formula is C26H15ClO. The molecule has 0 N–H and O–H groups in total. The van der Waals surface area contributed by atoms with Gasteiger partial charge in [0.25, 0.3) is 0 Å². The largest absolute Gasteiger partial charge is 0.455 e. The molecule has 132 valence electrons. The first-order valence-corrected chi connectivity index (χ1v) is 9.69. The molecule has 0 aliphatic rings. The van der Waals surface area contributed by atoms with Gasteiger partial charge in [-0.3, -0.25) is 0 Å². The van der Waals surface area contributed by atoms with E-state index < -0.39 is 0 Å². The monoisotopic (exact) mass is 378 g/mol. The van der Waals surface area contributed by atoms with Crippen molar-refractivity contribution in [3.63, 3.8) is 0 Å². The number of rotatable bonds is 1. The van der Waals surface area contributed by atoms with Crippen LogP contribution in [0.2, 0.25) is 5.02 Å². The van der Waals surface area contributed by atoms with E-state index in [-0.39, 0.29) is 0 Å². The first-order chi connectivity index (χ1) is 13.8. The molecule has 0 unspecified atom stereocenters. The lowest BCUT2D eigenvalue weighted by molar-refractivity contribution is 0.673. The predicted octanol–water partition coefficient (Wildman–Crippen LogP) is 8.21. The van der Waals surface area contributed by atoms with Crippen LogP contribution in [-0.2, 0) is 0 Å². The smallest absolute Gasteiger partial charge is 0.143 e. The second kappa shape index (κ2) is 5.85. The minimum Gasteiger partial charge on any atom is -0.455 e. The fraction of sp³-hybridized carbons (Fsp3) is 0. The molecule has 0 aliphatic carbocycles. The van der Waals surface area contributed by atoms with E-state index in [2.05, 4.69) is 78.9 Å². The minimum atomic E-state index is 0.746. The van der Waals surface area contributed by atoms with Crippen LogP contribution in [0.15, 0.2) is 95.4 Å². The van der Waals surface area contributed by atoms with E-state index in [9.17, 15) is 0 Å². The maximum absolute atomic E-state index is 6.36. The molecule has 0 amide bonds. The summed E-state index contributed by atoms with van der Waals surface area (Å²) in [5, 5.41) is 7.93. The summed E-state index contributed by atoms with van der Waals surface area (Å²) in [5.74, 6) is 0. The molecule has 0 bridgehead atoms. The maximum atomic E-state index is 6.36. The Morgan fingerprint density at radius 3 is 1.89 bits per heavy atom. The molecule has 1 aromatic heterocycles. The molecule has 0 fully saturated rings. The van der Waals surface area contributed by atoms with Crippen molar-refractivity contribution < 1.29 is 4.42 Å². The second-order valence-corrected chi connectivity index (χ2v) is 7.55. The lowest BCUT2D eigenvalue weighted by Crippen LogP contribution is -1.80. The van der Waals surface area contributed by atoms with E-state index in [1.165, 1.54) is 21.5 Å². The van der Waals surface area contributed by atoms with Crippen molar-refractivity contribution in [1.29, 1.82) is 0 Å². The average molecular weight is 379 g/mol. The van der Waals surface area contributed by atoms with Gasteiger partial charge in [-0.1, -0.05) is 78.3 Å². The summed E-state index contributed by atoms with van der Waals surface area (Å²) < 4.78 is 6.36. The first kappa shape index (κ1) is 15.7. The molecule has 0 spiro atoms. The van der Waals surface area contributed by atoms with Crippen LogP contribution < -0.4 is 0 Å². The van der Waals surface area contributed by atoms with Crippen molar-refractivity contribution in [3.05, 3.63) is 96.0 Å². The zero-order valence-electron chi connectivity index (χ0n) is 14.9. The zero-order valence-corrected chi connectivity index (χ0v) is 15.7. The Labute approximate surface area is 166 Å². The van der Waals surface area contributed by atoms with Crippen LogP contribution >= 0.6 is 11.6 Å². The quantitative estimate of drug-likeness (QED) is 0.263. The topological polar surface area (TPSA) is 13.1 Å². The van der Waals surface area contributed by atoms with Crippen molar-refractivity contribution in [2.24, 2.45) is 0 Å². The molecule has 0 radical (unpaired) electrons. The van der Waals surface area contributed by atoms with Gasteiger partial charge in [0, 0.05) is 21.2 Å². The first-order valence-electron chi connectivity index (χ1n) is 9.31. The number of benzene rings is 5. The lowest BCUT2D eigenvalue weighted by atomic mass is 9.96. The fourth-order valence-electron chi connectivity index (χ4n) is 4.23. The summed E-state index contributed by atoms with van der Waals surface area (Å²) in [7, 11) is 0. The normalized spacial score (nSPS) is 11.8. The van der Waals surface area contributed by atoms with Crippen molar-refractivity contribution in [1.82, 2.24) is 0 Å². The molecule has 0 saturated heterocycles. The Morgan fingerprint density at radius 1 is 0.536 bits per heavy atom. The minimum absolute atomic E-state index is 0.746. The molecule has 2 heteroatoms. The van der Waals surface area contributed by atoms with Crippen LogP contribution in [-0.4, -0.2) is 0 Å². The van der Waals surface area contributed by atoms with E-state index >= 15 is 0 Å². The maximum Gasteiger partial charge on any atom is 0.143 e. The standard InChI is InChI=1S/C26H15ClO/c27-18-12-9-16(10-13-18)17-11-14-24-23(15-17)25-21-7-3-1-5-19(21)20-6-2-4-8-22(20)26(25)28-24/h1-15H. The summed E-state index contributed by atoms with van der Waals surface area (Å²) in [4.78, 5) is 0. The summed E-state index contributed by atoms with van der Waals surface area (Å²) >= 11 is 6.06. The van der Waals surface area contributed by atoms with Gasteiger partial charge in [0.2, 0.25) is 0 Å². The van der Waals surface area contributed by atoms with Crippen LogP contribution in [0.5, 0.6) is 0 Å². The number of fused-ring (bicyclic) bond motifs is 8. The predicted molar refractivity (Wildman–Crippen MR) is 119 cm³/mol. The van der Waals surface area contributed by atoms with Crippen molar-refractivity contribution in [2.75, 3.05) is 0 Å². The third kappa shape index (κ3) is 2.20. The van der Waals surface area contributed by atoms with Gasteiger partial charge in [-0.05, 0) is 51.6 Å². The van der Waals surface area contributed by atoms with Gasteiger partial charge in [0.15, 0.2) is 0 Å². The molecule has 1 nitrogen and oxygen atoms in total. The van der Waals surface area contributed by atoms with E-state index in [4.69, 9.17) is 16.0 Å². The van der Waals surface area contributed by atoms with Crippen LogP contribution in [0.1, 0.15) is 0 Å². The number of hydrogen-bond donors (Lipinski definition) is 0.